The number of rotatable bonds is 5. The van der Waals surface area contributed by atoms with E-state index >= 15 is 0 Å². The van der Waals surface area contributed by atoms with Crippen LogP contribution in [0.2, 0.25) is 0 Å². The molecule has 0 bridgehead atoms. The van der Waals surface area contributed by atoms with Gasteiger partial charge in [-0.15, -0.1) is 0 Å². The number of thioether (sulfide) groups is 1. The Kier molecular flexibility index (Phi) is 6.06. The largest absolute Gasteiger partial charge is 0.353 e. The predicted octanol–water partition coefficient (Wildman–Crippen LogP) is 2.31. The fourth-order valence-electron chi connectivity index (χ4n) is 2.53. The van der Waals surface area contributed by atoms with Gasteiger partial charge in [0.25, 0.3) is 0 Å². The van der Waals surface area contributed by atoms with Crippen LogP contribution in [-0.2, 0) is 4.79 Å². The SMILES string of the molecule is CSCCC(=O)N1CCN(c2cc(C)nc(C(C)C)n2)CC1. The van der Waals surface area contributed by atoms with Crippen molar-refractivity contribution in [2.45, 2.75) is 33.1 Å². The third kappa shape index (κ3) is 4.35. The molecule has 1 fully saturated rings. The molecule has 1 aliphatic heterocycles. The van der Waals surface area contributed by atoms with Crippen LogP contribution in [0.3, 0.4) is 0 Å². The van der Waals surface area contributed by atoms with Gasteiger partial charge in [0.05, 0.1) is 0 Å². The minimum Gasteiger partial charge on any atom is -0.353 e. The number of aromatic nitrogens is 2. The minimum absolute atomic E-state index is 0.274. The van der Waals surface area contributed by atoms with E-state index in [1.54, 1.807) is 11.8 Å². The second-order valence-corrected chi connectivity index (χ2v) is 6.98. The van der Waals surface area contributed by atoms with Crippen molar-refractivity contribution in [2.24, 2.45) is 0 Å². The van der Waals surface area contributed by atoms with E-state index in [1.165, 1.54) is 0 Å². The summed E-state index contributed by atoms with van der Waals surface area (Å²) in [6.45, 7) is 9.50. The van der Waals surface area contributed by atoms with Gasteiger partial charge < -0.3 is 9.80 Å². The molecule has 6 heteroatoms. The van der Waals surface area contributed by atoms with Crippen molar-refractivity contribution in [1.82, 2.24) is 14.9 Å². The molecule has 1 aliphatic rings. The number of piperazine rings is 1. The van der Waals surface area contributed by atoms with Crippen LogP contribution in [0.4, 0.5) is 5.82 Å². The Hall–Kier alpha value is -1.30. The molecule has 1 aromatic heterocycles. The van der Waals surface area contributed by atoms with Gasteiger partial charge in [0.1, 0.15) is 11.6 Å². The Morgan fingerprint density at radius 1 is 1.27 bits per heavy atom. The van der Waals surface area contributed by atoms with Gasteiger partial charge >= 0.3 is 0 Å². The zero-order chi connectivity index (χ0) is 16.1. The molecule has 122 valence electrons. The lowest BCUT2D eigenvalue weighted by Gasteiger charge is -2.35. The van der Waals surface area contributed by atoms with Crippen LogP contribution in [0, 0.1) is 6.92 Å². The quantitative estimate of drug-likeness (QED) is 0.832. The molecule has 0 N–H and O–H groups in total. The number of anilines is 1. The van der Waals surface area contributed by atoms with Crippen molar-refractivity contribution in [1.29, 1.82) is 0 Å². The average Bonchev–Trinajstić information content (AvgIpc) is 2.52. The van der Waals surface area contributed by atoms with Crippen LogP contribution >= 0.6 is 11.8 Å². The maximum absolute atomic E-state index is 12.1. The van der Waals surface area contributed by atoms with Gasteiger partial charge in [-0.1, -0.05) is 13.8 Å². The van der Waals surface area contributed by atoms with Gasteiger partial charge in [-0.25, -0.2) is 9.97 Å². The molecule has 0 radical (unpaired) electrons. The molecule has 0 spiro atoms. The number of hydrogen-bond donors (Lipinski definition) is 0. The average molecular weight is 322 g/mol. The molecule has 1 amide bonds. The first-order chi connectivity index (χ1) is 10.5. The number of carbonyl (C=O) groups excluding carboxylic acids is 1. The van der Waals surface area contributed by atoms with Crippen LogP contribution in [0.5, 0.6) is 0 Å². The van der Waals surface area contributed by atoms with Gasteiger partial charge in [0, 0.05) is 56.0 Å². The lowest BCUT2D eigenvalue weighted by atomic mass is 10.2. The van der Waals surface area contributed by atoms with Gasteiger partial charge in [-0.2, -0.15) is 11.8 Å². The number of hydrogen-bond acceptors (Lipinski definition) is 5. The molecule has 0 aromatic carbocycles. The standard InChI is InChI=1S/C16H26N4OS/c1-12(2)16-17-13(3)11-14(18-16)19-6-8-20(9-7-19)15(21)5-10-22-4/h11-12H,5-10H2,1-4H3. The summed E-state index contributed by atoms with van der Waals surface area (Å²) in [5, 5.41) is 0. The topological polar surface area (TPSA) is 49.3 Å². The highest BCUT2D eigenvalue weighted by Gasteiger charge is 2.22. The Morgan fingerprint density at radius 3 is 2.55 bits per heavy atom. The van der Waals surface area contributed by atoms with E-state index in [1.807, 2.05) is 24.1 Å². The van der Waals surface area contributed by atoms with Gasteiger partial charge in [-0.05, 0) is 13.2 Å². The highest BCUT2D eigenvalue weighted by atomic mass is 32.2. The molecule has 0 saturated carbocycles. The third-order valence-corrected chi connectivity index (χ3v) is 4.46. The summed E-state index contributed by atoms with van der Waals surface area (Å²) in [4.78, 5) is 25.5. The van der Waals surface area contributed by atoms with Crippen molar-refractivity contribution in [3.05, 3.63) is 17.6 Å². The summed E-state index contributed by atoms with van der Waals surface area (Å²) in [6, 6.07) is 2.04. The number of nitrogens with zero attached hydrogens (tertiary/aromatic N) is 4. The second kappa shape index (κ2) is 7.81. The first-order valence-corrected chi connectivity index (χ1v) is 9.28. The predicted molar refractivity (Wildman–Crippen MR) is 92.7 cm³/mol. The van der Waals surface area contributed by atoms with E-state index in [4.69, 9.17) is 0 Å². The lowest BCUT2D eigenvalue weighted by Crippen LogP contribution is -2.49. The van der Waals surface area contributed by atoms with Crippen molar-refractivity contribution in [3.63, 3.8) is 0 Å². The minimum atomic E-state index is 0.274. The molecule has 2 rings (SSSR count). The highest BCUT2D eigenvalue weighted by Crippen LogP contribution is 2.19. The first-order valence-electron chi connectivity index (χ1n) is 7.88. The molecule has 0 unspecified atom stereocenters. The maximum Gasteiger partial charge on any atom is 0.223 e. The highest BCUT2D eigenvalue weighted by molar-refractivity contribution is 7.98. The fourth-order valence-corrected chi connectivity index (χ4v) is 2.91. The van der Waals surface area contributed by atoms with Crippen LogP contribution in [0.15, 0.2) is 6.07 Å². The molecule has 2 heterocycles. The summed E-state index contributed by atoms with van der Waals surface area (Å²) in [5.41, 5.74) is 1.01. The van der Waals surface area contributed by atoms with E-state index in [9.17, 15) is 4.79 Å². The molecule has 0 aliphatic carbocycles. The number of aryl methyl sites for hydroxylation is 1. The number of carbonyl (C=O) groups is 1. The lowest BCUT2D eigenvalue weighted by molar-refractivity contribution is -0.131. The smallest absolute Gasteiger partial charge is 0.223 e. The molecule has 0 atom stereocenters. The van der Waals surface area contributed by atoms with Crippen LogP contribution in [-0.4, -0.2) is 59.0 Å². The Labute approximate surface area is 137 Å². The van der Waals surface area contributed by atoms with Crippen LogP contribution < -0.4 is 4.90 Å². The van der Waals surface area contributed by atoms with Crippen molar-refractivity contribution in [2.75, 3.05) is 43.1 Å². The molecule has 5 nitrogen and oxygen atoms in total. The van der Waals surface area contributed by atoms with Crippen molar-refractivity contribution in [3.8, 4) is 0 Å². The molecular weight excluding hydrogens is 296 g/mol. The summed E-state index contributed by atoms with van der Waals surface area (Å²) in [5.74, 6) is 3.40. The Bertz CT molecular complexity index is 513. The van der Waals surface area contributed by atoms with E-state index < -0.39 is 0 Å². The molecule has 22 heavy (non-hydrogen) atoms. The van der Waals surface area contributed by atoms with Crippen molar-refractivity contribution >= 4 is 23.5 Å². The maximum atomic E-state index is 12.1. The first kappa shape index (κ1) is 17.1. The van der Waals surface area contributed by atoms with Crippen molar-refractivity contribution < 1.29 is 4.79 Å². The second-order valence-electron chi connectivity index (χ2n) is 5.99. The zero-order valence-corrected chi connectivity index (χ0v) is 14.8. The van der Waals surface area contributed by atoms with E-state index in [0.717, 1.165) is 49.3 Å². The zero-order valence-electron chi connectivity index (χ0n) is 14.0. The summed E-state index contributed by atoms with van der Waals surface area (Å²) in [7, 11) is 0. The van der Waals surface area contributed by atoms with E-state index in [-0.39, 0.29) is 5.91 Å². The summed E-state index contributed by atoms with van der Waals surface area (Å²) in [6.07, 6.45) is 2.68. The number of amides is 1. The summed E-state index contributed by atoms with van der Waals surface area (Å²) >= 11 is 1.72. The van der Waals surface area contributed by atoms with Gasteiger partial charge in [0.15, 0.2) is 0 Å². The molecule has 1 aromatic rings. The van der Waals surface area contributed by atoms with E-state index in [0.29, 0.717) is 12.3 Å². The van der Waals surface area contributed by atoms with Crippen LogP contribution in [0.1, 0.15) is 37.7 Å². The van der Waals surface area contributed by atoms with E-state index in [2.05, 4.69) is 28.7 Å². The van der Waals surface area contributed by atoms with Crippen LogP contribution in [0.25, 0.3) is 0 Å². The summed E-state index contributed by atoms with van der Waals surface area (Å²) < 4.78 is 0. The molecule has 1 saturated heterocycles. The van der Waals surface area contributed by atoms with Gasteiger partial charge in [-0.3, -0.25) is 4.79 Å². The normalized spacial score (nSPS) is 15.5. The molecular formula is C16H26N4OS. The Balaban J connectivity index is 1.98. The third-order valence-electron chi connectivity index (χ3n) is 3.85. The fraction of sp³-hybridized carbons (Fsp3) is 0.688. The monoisotopic (exact) mass is 322 g/mol. The van der Waals surface area contributed by atoms with Gasteiger partial charge in [0.2, 0.25) is 5.91 Å². The Morgan fingerprint density at radius 2 is 1.95 bits per heavy atom.